The number of nitro benzene ring substituents is 1. The molecule has 6 heteroatoms. The van der Waals surface area contributed by atoms with Crippen LogP contribution in [-0.4, -0.2) is 48.7 Å². The smallest absolute Gasteiger partial charge is 0.269 e. The van der Waals surface area contributed by atoms with Crippen molar-refractivity contribution in [3.05, 3.63) is 34.4 Å². The minimum absolute atomic E-state index is 0. The molecule has 2 aliphatic heterocycles. The Labute approximate surface area is 129 Å². The number of hydrogen-bond acceptors (Lipinski definition) is 3. The maximum absolute atomic E-state index is 10.6. The summed E-state index contributed by atoms with van der Waals surface area (Å²) in [5, 5.41) is 10.6. The average molecular weight is 342 g/mol. The van der Waals surface area contributed by atoms with Crippen LogP contribution >= 0.6 is 0 Å². The van der Waals surface area contributed by atoms with Crippen LogP contribution in [0.5, 0.6) is 0 Å². The normalized spacial score (nSPS) is 20.7. The SMILES string of the molecule is O=[N+]([O-])c1ccc(N2CC[N+]3(CCCC3)CC2)cc1.[Br-]. The number of anilines is 1. The molecule has 1 aromatic rings. The van der Waals surface area contributed by atoms with Gasteiger partial charge in [0.15, 0.2) is 0 Å². The Morgan fingerprint density at radius 2 is 1.55 bits per heavy atom. The first-order valence-electron chi connectivity index (χ1n) is 7.03. The predicted octanol–water partition coefficient (Wildman–Crippen LogP) is -0.971. The van der Waals surface area contributed by atoms with Crippen molar-refractivity contribution < 1.29 is 26.4 Å². The van der Waals surface area contributed by atoms with Gasteiger partial charge in [0.25, 0.3) is 5.69 Å². The summed E-state index contributed by atoms with van der Waals surface area (Å²) >= 11 is 0. The number of nitrogens with zero attached hydrogens (tertiary/aromatic N) is 3. The maximum atomic E-state index is 10.6. The van der Waals surface area contributed by atoms with E-state index in [9.17, 15) is 10.1 Å². The van der Waals surface area contributed by atoms with E-state index in [1.54, 1.807) is 12.1 Å². The Kier molecular flexibility index (Phi) is 4.65. The summed E-state index contributed by atoms with van der Waals surface area (Å²) < 4.78 is 1.30. The van der Waals surface area contributed by atoms with Gasteiger partial charge in [0.2, 0.25) is 0 Å². The standard InChI is InChI=1S/C14H20N3O2.BrH/c18-16(19)14-5-3-13(4-6-14)15-7-11-17(12-8-15)9-1-2-10-17;/h3-6H,1-2,7-12H2;1H/q+1;/p-1. The Hall–Kier alpha value is -1.14. The first kappa shape index (κ1) is 15.3. The van der Waals surface area contributed by atoms with E-state index < -0.39 is 0 Å². The van der Waals surface area contributed by atoms with Crippen molar-refractivity contribution in [2.75, 3.05) is 44.2 Å². The maximum Gasteiger partial charge on any atom is 0.269 e. The van der Waals surface area contributed by atoms with Crippen LogP contribution in [0.4, 0.5) is 11.4 Å². The highest BCUT2D eigenvalue weighted by Gasteiger charge is 2.35. The highest BCUT2D eigenvalue weighted by atomic mass is 79.9. The van der Waals surface area contributed by atoms with Crippen LogP contribution < -0.4 is 21.9 Å². The van der Waals surface area contributed by atoms with Crippen LogP contribution in [-0.2, 0) is 0 Å². The van der Waals surface area contributed by atoms with Crippen LogP contribution in [0, 0.1) is 10.1 Å². The number of rotatable bonds is 2. The third-order valence-electron chi connectivity index (χ3n) is 4.63. The number of quaternary nitrogens is 1. The monoisotopic (exact) mass is 341 g/mol. The fourth-order valence-electron chi connectivity index (χ4n) is 3.39. The van der Waals surface area contributed by atoms with Gasteiger partial charge in [-0.25, -0.2) is 0 Å². The van der Waals surface area contributed by atoms with Crippen LogP contribution in [0.2, 0.25) is 0 Å². The van der Waals surface area contributed by atoms with E-state index in [0.717, 1.165) is 18.8 Å². The fraction of sp³-hybridized carbons (Fsp3) is 0.571. The highest BCUT2D eigenvalue weighted by molar-refractivity contribution is 5.51. The fourth-order valence-corrected chi connectivity index (χ4v) is 3.39. The highest BCUT2D eigenvalue weighted by Crippen LogP contribution is 2.26. The molecule has 110 valence electrons. The lowest BCUT2D eigenvalue weighted by Crippen LogP contribution is -3.00. The molecule has 1 spiro atoms. The third kappa shape index (κ3) is 2.96. The van der Waals surface area contributed by atoms with Crippen LogP contribution in [0.1, 0.15) is 12.8 Å². The predicted molar refractivity (Wildman–Crippen MR) is 74.3 cm³/mol. The van der Waals surface area contributed by atoms with E-state index in [-0.39, 0.29) is 27.6 Å². The number of piperazine rings is 1. The number of non-ortho nitro benzene ring substituents is 1. The molecular formula is C14H20BrN3O2. The topological polar surface area (TPSA) is 46.4 Å². The van der Waals surface area contributed by atoms with Gasteiger partial charge in [0.05, 0.1) is 44.2 Å². The summed E-state index contributed by atoms with van der Waals surface area (Å²) in [5.74, 6) is 0. The van der Waals surface area contributed by atoms with E-state index in [4.69, 9.17) is 0 Å². The number of halogens is 1. The lowest BCUT2D eigenvalue weighted by molar-refractivity contribution is -0.917. The average Bonchev–Trinajstić information content (AvgIpc) is 2.88. The van der Waals surface area contributed by atoms with Crippen LogP contribution in [0.3, 0.4) is 0 Å². The lowest BCUT2D eigenvalue weighted by Gasteiger charge is -2.42. The van der Waals surface area contributed by atoms with Gasteiger partial charge < -0.3 is 26.4 Å². The molecule has 0 unspecified atom stereocenters. The zero-order valence-corrected chi connectivity index (χ0v) is 13.1. The molecule has 0 atom stereocenters. The molecule has 2 heterocycles. The summed E-state index contributed by atoms with van der Waals surface area (Å²) in [7, 11) is 0. The zero-order valence-electron chi connectivity index (χ0n) is 11.5. The molecule has 2 saturated heterocycles. The van der Waals surface area contributed by atoms with Gasteiger partial charge >= 0.3 is 0 Å². The van der Waals surface area contributed by atoms with E-state index in [2.05, 4.69) is 4.90 Å². The largest absolute Gasteiger partial charge is 1.00 e. The molecule has 20 heavy (non-hydrogen) atoms. The Morgan fingerprint density at radius 3 is 2.05 bits per heavy atom. The van der Waals surface area contributed by atoms with Crippen molar-refractivity contribution in [2.45, 2.75) is 12.8 Å². The van der Waals surface area contributed by atoms with Crippen LogP contribution in [0.25, 0.3) is 0 Å². The molecule has 0 radical (unpaired) electrons. The Bertz CT molecular complexity index is 462. The van der Waals surface area contributed by atoms with Gasteiger partial charge in [0.1, 0.15) is 0 Å². The summed E-state index contributed by atoms with van der Waals surface area (Å²) in [6.07, 6.45) is 2.75. The van der Waals surface area contributed by atoms with Crippen molar-refractivity contribution in [3.63, 3.8) is 0 Å². The molecule has 0 N–H and O–H groups in total. The molecule has 0 aliphatic carbocycles. The van der Waals surface area contributed by atoms with Crippen molar-refractivity contribution in [2.24, 2.45) is 0 Å². The molecule has 0 aromatic heterocycles. The van der Waals surface area contributed by atoms with Gasteiger partial charge in [-0.3, -0.25) is 10.1 Å². The molecular weight excluding hydrogens is 322 g/mol. The van der Waals surface area contributed by atoms with E-state index >= 15 is 0 Å². The minimum Gasteiger partial charge on any atom is -1.00 e. The summed E-state index contributed by atoms with van der Waals surface area (Å²) in [6, 6.07) is 6.95. The molecule has 5 nitrogen and oxygen atoms in total. The molecule has 2 aliphatic rings. The minimum atomic E-state index is -0.343. The summed E-state index contributed by atoms with van der Waals surface area (Å²) in [4.78, 5) is 12.7. The zero-order chi connectivity index (χ0) is 13.3. The molecule has 0 amide bonds. The van der Waals surface area contributed by atoms with Crippen molar-refractivity contribution in [1.29, 1.82) is 0 Å². The third-order valence-corrected chi connectivity index (χ3v) is 4.63. The molecule has 0 saturated carbocycles. The van der Waals surface area contributed by atoms with Gasteiger partial charge in [-0.2, -0.15) is 0 Å². The van der Waals surface area contributed by atoms with Crippen molar-refractivity contribution >= 4 is 11.4 Å². The lowest BCUT2D eigenvalue weighted by atomic mass is 10.2. The van der Waals surface area contributed by atoms with Crippen molar-refractivity contribution in [1.82, 2.24) is 0 Å². The van der Waals surface area contributed by atoms with Gasteiger partial charge in [-0.15, -0.1) is 0 Å². The first-order chi connectivity index (χ1) is 9.19. The second kappa shape index (κ2) is 6.10. The summed E-state index contributed by atoms with van der Waals surface area (Å²) in [6.45, 7) is 7.26. The number of nitro groups is 1. The van der Waals surface area contributed by atoms with Crippen molar-refractivity contribution in [3.8, 4) is 0 Å². The molecule has 1 aromatic carbocycles. The second-order valence-electron chi connectivity index (χ2n) is 5.70. The molecule has 0 bridgehead atoms. The summed E-state index contributed by atoms with van der Waals surface area (Å²) in [5.41, 5.74) is 1.28. The second-order valence-corrected chi connectivity index (χ2v) is 5.70. The van der Waals surface area contributed by atoms with E-state index in [1.807, 2.05) is 12.1 Å². The first-order valence-corrected chi connectivity index (χ1v) is 7.03. The Morgan fingerprint density at radius 1 is 1.00 bits per heavy atom. The molecule has 3 rings (SSSR count). The number of benzene rings is 1. The van der Waals surface area contributed by atoms with E-state index in [1.165, 1.54) is 43.5 Å². The Balaban J connectivity index is 0.00000147. The van der Waals surface area contributed by atoms with E-state index in [0.29, 0.717) is 0 Å². The molecule has 2 fully saturated rings. The van der Waals surface area contributed by atoms with Gasteiger partial charge in [-0.05, 0) is 12.1 Å². The quantitative estimate of drug-likeness (QED) is 0.395. The van der Waals surface area contributed by atoms with Gasteiger partial charge in [-0.1, -0.05) is 0 Å². The van der Waals surface area contributed by atoms with Gasteiger partial charge in [0, 0.05) is 30.7 Å². The van der Waals surface area contributed by atoms with Crippen LogP contribution in [0.15, 0.2) is 24.3 Å². The number of hydrogen-bond donors (Lipinski definition) is 0.